The Bertz CT molecular complexity index is 890. The molecule has 0 fully saturated rings. The van der Waals surface area contributed by atoms with Gasteiger partial charge in [-0.2, -0.15) is 0 Å². The van der Waals surface area contributed by atoms with Crippen molar-refractivity contribution in [1.82, 2.24) is 14.7 Å². The number of benzene rings is 1. The van der Waals surface area contributed by atoms with Gasteiger partial charge in [-0.1, -0.05) is 29.8 Å². The van der Waals surface area contributed by atoms with Gasteiger partial charge in [0, 0.05) is 43.0 Å². The summed E-state index contributed by atoms with van der Waals surface area (Å²) in [6.45, 7) is 3.98. The number of fused-ring (bicyclic) bond motifs is 1. The van der Waals surface area contributed by atoms with Gasteiger partial charge in [-0.05, 0) is 44.0 Å². The quantitative estimate of drug-likeness (QED) is 0.563. The Morgan fingerprint density at radius 3 is 2.81 bits per heavy atom. The number of nitrogens with zero attached hydrogens (tertiary/aromatic N) is 2. The van der Waals surface area contributed by atoms with Crippen molar-refractivity contribution in [3.8, 4) is 11.3 Å². The number of halogens is 1. The van der Waals surface area contributed by atoms with Crippen LogP contribution in [0.15, 0.2) is 48.7 Å². The van der Waals surface area contributed by atoms with E-state index in [2.05, 4.69) is 5.32 Å². The lowest BCUT2D eigenvalue weighted by atomic mass is 10.1. The van der Waals surface area contributed by atoms with E-state index in [0.717, 1.165) is 29.0 Å². The number of aromatic nitrogens is 2. The summed E-state index contributed by atoms with van der Waals surface area (Å²) in [5.74, 6) is 0.0411. The first kappa shape index (κ1) is 19.4. The van der Waals surface area contributed by atoms with Crippen LogP contribution in [0.4, 0.5) is 0 Å². The molecule has 6 heteroatoms. The summed E-state index contributed by atoms with van der Waals surface area (Å²) in [6, 6.07) is 13.5. The standard InChI is InChI=1S/C21H24ClN3O2/c1-2-27-15-5-13-23-20(26)12-11-18-21(16-7-9-17(22)10-8-16)24-19-6-3-4-14-25(18)19/h3-4,6-10,14H,2,5,11-13,15H2,1H3,(H,23,26). The van der Waals surface area contributed by atoms with Crippen LogP contribution >= 0.6 is 11.6 Å². The van der Waals surface area contributed by atoms with Crippen molar-refractivity contribution in [3.63, 3.8) is 0 Å². The molecule has 2 aromatic heterocycles. The van der Waals surface area contributed by atoms with Crippen LogP contribution in [0.3, 0.4) is 0 Å². The lowest BCUT2D eigenvalue weighted by molar-refractivity contribution is -0.121. The molecule has 0 radical (unpaired) electrons. The molecule has 5 nitrogen and oxygen atoms in total. The summed E-state index contributed by atoms with van der Waals surface area (Å²) < 4.78 is 7.33. The second-order valence-electron chi connectivity index (χ2n) is 6.24. The summed E-state index contributed by atoms with van der Waals surface area (Å²) in [4.78, 5) is 17.0. The van der Waals surface area contributed by atoms with Crippen LogP contribution in [-0.4, -0.2) is 35.1 Å². The molecule has 0 aliphatic heterocycles. The predicted molar refractivity (Wildman–Crippen MR) is 108 cm³/mol. The van der Waals surface area contributed by atoms with E-state index in [1.54, 1.807) is 0 Å². The number of ether oxygens (including phenoxy) is 1. The van der Waals surface area contributed by atoms with Gasteiger partial charge in [0.1, 0.15) is 5.65 Å². The number of hydrogen-bond donors (Lipinski definition) is 1. The number of carbonyl (C=O) groups is 1. The lowest BCUT2D eigenvalue weighted by Crippen LogP contribution is -2.25. The first-order valence-corrected chi connectivity index (χ1v) is 9.63. The van der Waals surface area contributed by atoms with E-state index >= 15 is 0 Å². The van der Waals surface area contributed by atoms with Gasteiger partial charge in [0.25, 0.3) is 0 Å². The van der Waals surface area contributed by atoms with Crippen molar-refractivity contribution in [3.05, 3.63) is 59.4 Å². The zero-order valence-corrected chi connectivity index (χ0v) is 16.2. The Labute approximate surface area is 164 Å². The molecular formula is C21H24ClN3O2. The van der Waals surface area contributed by atoms with Crippen molar-refractivity contribution in [1.29, 1.82) is 0 Å². The molecule has 3 aromatic rings. The third-order valence-corrected chi connectivity index (χ3v) is 4.58. The van der Waals surface area contributed by atoms with Gasteiger partial charge in [-0.3, -0.25) is 4.79 Å². The summed E-state index contributed by atoms with van der Waals surface area (Å²) in [5, 5.41) is 3.64. The predicted octanol–water partition coefficient (Wildman–Crippen LogP) is 4.13. The average molecular weight is 386 g/mol. The van der Waals surface area contributed by atoms with Crippen molar-refractivity contribution >= 4 is 23.2 Å². The summed E-state index contributed by atoms with van der Waals surface area (Å²) in [7, 11) is 0. The molecule has 1 amide bonds. The highest BCUT2D eigenvalue weighted by Crippen LogP contribution is 2.26. The first-order valence-electron chi connectivity index (χ1n) is 9.25. The van der Waals surface area contributed by atoms with Gasteiger partial charge < -0.3 is 14.5 Å². The maximum atomic E-state index is 12.2. The van der Waals surface area contributed by atoms with Crippen LogP contribution in [-0.2, 0) is 16.0 Å². The number of rotatable bonds is 9. The molecule has 1 N–H and O–H groups in total. The van der Waals surface area contributed by atoms with Gasteiger partial charge in [0.05, 0.1) is 11.4 Å². The van der Waals surface area contributed by atoms with E-state index in [9.17, 15) is 4.79 Å². The van der Waals surface area contributed by atoms with E-state index in [0.29, 0.717) is 37.6 Å². The summed E-state index contributed by atoms with van der Waals surface area (Å²) >= 11 is 6.01. The smallest absolute Gasteiger partial charge is 0.220 e. The molecular weight excluding hydrogens is 362 g/mol. The van der Waals surface area contributed by atoms with Crippen molar-refractivity contribution < 1.29 is 9.53 Å². The topological polar surface area (TPSA) is 55.6 Å². The largest absolute Gasteiger partial charge is 0.382 e. The van der Waals surface area contributed by atoms with Gasteiger partial charge in [-0.25, -0.2) is 4.98 Å². The number of hydrogen-bond acceptors (Lipinski definition) is 3. The van der Waals surface area contributed by atoms with Crippen LogP contribution in [0.2, 0.25) is 5.02 Å². The summed E-state index contributed by atoms with van der Waals surface area (Å²) in [6.07, 6.45) is 3.83. The highest BCUT2D eigenvalue weighted by atomic mass is 35.5. The average Bonchev–Trinajstić information content (AvgIpc) is 3.05. The third-order valence-electron chi connectivity index (χ3n) is 4.33. The molecule has 1 aromatic carbocycles. The Kier molecular flexibility index (Phi) is 6.85. The Morgan fingerprint density at radius 1 is 1.22 bits per heavy atom. The molecule has 0 saturated heterocycles. The molecule has 27 heavy (non-hydrogen) atoms. The van der Waals surface area contributed by atoms with Gasteiger partial charge >= 0.3 is 0 Å². The zero-order chi connectivity index (χ0) is 19.1. The van der Waals surface area contributed by atoms with Gasteiger partial charge in [-0.15, -0.1) is 0 Å². The lowest BCUT2D eigenvalue weighted by Gasteiger charge is -2.07. The molecule has 0 aliphatic carbocycles. The monoisotopic (exact) mass is 385 g/mol. The Balaban J connectivity index is 1.72. The normalized spacial score (nSPS) is 11.0. The Hall–Kier alpha value is -2.37. The number of aryl methyl sites for hydroxylation is 1. The fourth-order valence-electron chi connectivity index (χ4n) is 2.99. The Morgan fingerprint density at radius 2 is 2.04 bits per heavy atom. The molecule has 0 spiro atoms. The second kappa shape index (κ2) is 9.53. The van der Waals surface area contributed by atoms with Crippen molar-refractivity contribution in [2.45, 2.75) is 26.2 Å². The number of amides is 1. The van der Waals surface area contributed by atoms with Gasteiger partial charge in [0.2, 0.25) is 5.91 Å². The minimum atomic E-state index is 0.0411. The van der Waals surface area contributed by atoms with E-state index < -0.39 is 0 Å². The molecule has 0 saturated carbocycles. The van der Waals surface area contributed by atoms with Crippen molar-refractivity contribution in [2.24, 2.45) is 0 Å². The van der Waals surface area contributed by atoms with Crippen LogP contribution < -0.4 is 5.32 Å². The summed E-state index contributed by atoms with van der Waals surface area (Å²) in [5.41, 5.74) is 3.78. The minimum Gasteiger partial charge on any atom is -0.382 e. The third kappa shape index (κ3) is 5.08. The number of carbonyl (C=O) groups excluding carboxylic acids is 1. The highest BCUT2D eigenvalue weighted by Gasteiger charge is 2.15. The number of pyridine rings is 1. The van der Waals surface area contributed by atoms with E-state index in [-0.39, 0.29) is 5.91 Å². The van der Waals surface area contributed by atoms with Crippen LogP contribution in [0.5, 0.6) is 0 Å². The molecule has 0 aliphatic rings. The minimum absolute atomic E-state index is 0.0411. The fourth-order valence-corrected chi connectivity index (χ4v) is 3.12. The maximum Gasteiger partial charge on any atom is 0.220 e. The molecule has 0 unspecified atom stereocenters. The fraction of sp³-hybridized carbons (Fsp3) is 0.333. The van der Waals surface area contributed by atoms with Crippen LogP contribution in [0.25, 0.3) is 16.9 Å². The van der Waals surface area contributed by atoms with E-state index in [1.807, 2.05) is 60.0 Å². The zero-order valence-electron chi connectivity index (χ0n) is 15.5. The van der Waals surface area contributed by atoms with E-state index in [4.69, 9.17) is 21.3 Å². The second-order valence-corrected chi connectivity index (χ2v) is 6.68. The molecule has 0 bridgehead atoms. The maximum absolute atomic E-state index is 12.2. The van der Waals surface area contributed by atoms with Gasteiger partial charge in [0.15, 0.2) is 0 Å². The highest BCUT2D eigenvalue weighted by molar-refractivity contribution is 6.30. The molecule has 0 atom stereocenters. The molecule has 142 valence electrons. The van der Waals surface area contributed by atoms with Crippen LogP contribution in [0, 0.1) is 0 Å². The first-order chi connectivity index (χ1) is 13.2. The molecule has 3 rings (SSSR count). The SMILES string of the molecule is CCOCCCNC(=O)CCc1c(-c2ccc(Cl)cc2)nc2ccccn12. The van der Waals surface area contributed by atoms with Crippen LogP contribution in [0.1, 0.15) is 25.5 Å². The number of nitrogens with one attached hydrogen (secondary N) is 1. The number of imidazole rings is 1. The van der Waals surface area contributed by atoms with Crippen molar-refractivity contribution in [2.75, 3.05) is 19.8 Å². The van der Waals surface area contributed by atoms with E-state index in [1.165, 1.54) is 0 Å². The molecule has 2 heterocycles.